The van der Waals surface area contributed by atoms with Crippen molar-refractivity contribution in [3.05, 3.63) is 33.8 Å². The van der Waals surface area contributed by atoms with Crippen LogP contribution in [0.3, 0.4) is 0 Å². The second-order valence-electron chi connectivity index (χ2n) is 4.07. The summed E-state index contributed by atoms with van der Waals surface area (Å²) >= 11 is 3.54. The molecule has 0 fully saturated rings. The predicted molar refractivity (Wildman–Crippen MR) is 60.2 cm³/mol. The Morgan fingerprint density at radius 1 is 1.50 bits per heavy atom. The molecule has 1 aliphatic carbocycles. The normalized spacial score (nSPS) is 25.9. The van der Waals surface area contributed by atoms with Gasteiger partial charge in [-0.05, 0) is 36.5 Å². The van der Waals surface area contributed by atoms with Crippen LogP contribution in [0.4, 0.5) is 0 Å². The van der Waals surface area contributed by atoms with Crippen LogP contribution in [-0.4, -0.2) is 17.3 Å². The van der Waals surface area contributed by atoms with Crippen LogP contribution in [0, 0.1) is 0 Å². The van der Waals surface area contributed by atoms with Crippen LogP contribution in [0.25, 0.3) is 0 Å². The van der Waals surface area contributed by atoms with Crippen molar-refractivity contribution in [3.63, 3.8) is 0 Å². The topological polar surface area (TPSA) is 46.2 Å². The fraction of sp³-hybridized carbons (Fsp3) is 0.455. The molecule has 76 valence electrons. The largest absolute Gasteiger partial charge is 0.394 e. The van der Waals surface area contributed by atoms with E-state index in [4.69, 9.17) is 5.73 Å². The molecule has 1 aliphatic rings. The van der Waals surface area contributed by atoms with Crippen molar-refractivity contribution in [2.24, 2.45) is 5.73 Å². The number of halogens is 1. The quantitative estimate of drug-likeness (QED) is 0.802. The van der Waals surface area contributed by atoms with Gasteiger partial charge in [-0.1, -0.05) is 28.1 Å². The van der Waals surface area contributed by atoms with Gasteiger partial charge in [-0.25, -0.2) is 0 Å². The third-order valence-corrected chi connectivity index (χ3v) is 3.69. The van der Waals surface area contributed by atoms with E-state index in [-0.39, 0.29) is 6.61 Å². The zero-order valence-electron chi connectivity index (χ0n) is 7.96. The van der Waals surface area contributed by atoms with E-state index in [0.29, 0.717) is 0 Å². The summed E-state index contributed by atoms with van der Waals surface area (Å²) in [4.78, 5) is 0. The van der Waals surface area contributed by atoms with Crippen LogP contribution in [0.2, 0.25) is 0 Å². The molecule has 2 rings (SSSR count). The van der Waals surface area contributed by atoms with E-state index < -0.39 is 5.54 Å². The Balaban J connectivity index is 2.36. The Morgan fingerprint density at radius 2 is 2.29 bits per heavy atom. The first-order valence-corrected chi connectivity index (χ1v) is 5.60. The Bertz CT molecular complexity index is 353. The summed E-state index contributed by atoms with van der Waals surface area (Å²) < 4.78 is 1.16. The van der Waals surface area contributed by atoms with Gasteiger partial charge in [0.15, 0.2) is 0 Å². The van der Waals surface area contributed by atoms with E-state index in [9.17, 15) is 5.11 Å². The van der Waals surface area contributed by atoms with Gasteiger partial charge in [0.05, 0.1) is 6.61 Å². The van der Waals surface area contributed by atoms with Gasteiger partial charge in [-0.15, -0.1) is 0 Å². The maximum absolute atomic E-state index is 9.21. The average molecular weight is 256 g/mol. The van der Waals surface area contributed by atoms with E-state index >= 15 is 0 Å². The standard InChI is InChI=1S/C11H14BrNO/c12-10-3-1-2-8-6-11(13,7-14)5-4-9(8)10/h1-3,14H,4-7,13H2/t11-/m0/s1. The SMILES string of the molecule is N[C@@]1(CO)CCc2c(Br)cccc2C1. The first-order valence-electron chi connectivity index (χ1n) is 4.81. The number of hydrogen-bond acceptors (Lipinski definition) is 2. The molecular weight excluding hydrogens is 242 g/mol. The minimum Gasteiger partial charge on any atom is -0.394 e. The molecule has 2 nitrogen and oxygen atoms in total. The summed E-state index contributed by atoms with van der Waals surface area (Å²) in [5, 5.41) is 9.21. The van der Waals surface area contributed by atoms with Gasteiger partial charge in [0, 0.05) is 10.0 Å². The van der Waals surface area contributed by atoms with Crippen molar-refractivity contribution in [2.75, 3.05) is 6.61 Å². The molecule has 0 spiro atoms. The minimum absolute atomic E-state index is 0.0684. The number of nitrogens with two attached hydrogens (primary N) is 1. The zero-order valence-corrected chi connectivity index (χ0v) is 9.55. The molecule has 1 atom stereocenters. The molecule has 0 bridgehead atoms. The third kappa shape index (κ3) is 1.72. The van der Waals surface area contributed by atoms with Crippen LogP contribution in [0.15, 0.2) is 22.7 Å². The molecule has 1 aromatic rings. The average Bonchev–Trinajstić information content (AvgIpc) is 2.18. The smallest absolute Gasteiger partial charge is 0.0614 e. The Hall–Kier alpha value is -0.380. The highest BCUT2D eigenvalue weighted by Crippen LogP contribution is 2.31. The van der Waals surface area contributed by atoms with Gasteiger partial charge < -0.3 is 10.8 Å². The Labute approximate surface area is 92.3 Å². The van der Waals surface area contributed by atoms with E-state index in [1.807, 2.05) is 6.07 Å². The Kier molecular flexibility index (Phi) is 2.64. The lowest BCUT2D eigenvalue weighted by Crippen LogP contribution is -2.48. The molecule has 0 saturated heterocycles. The van der Waals surface area contributed by atoms with Crippen LogP contribution in [0.1, 0.15) is 17.5 Å². The second kappa shape index (κ2) is 3.65. The molecule has 3 heteroatoms. The monoisotopic (exact) mass is 255 g/mol. The van der Waals surface area contributed by atoms with Crippen LogP contribution in [-0.2, 0) is 12.8 Å². The molecule has 0 aromatic heterocycles. The van der Waals surface area contributed by atoms with Crippen molar-refractivity contribution in [2.45, 2.75) is 24.8 Å². The van der Waals surface area contributed by atoms with Crippen molar-refractivity contribution in [1.29, 1.82) is 0 Å². The van der Waals surface area contributed by atoms with Crippen molar-refractivity contribution in [1.82, 2.24) is 0 Å². The lowest BCUT2D eigenvalue weighted by molar-refractivity contribution is 0.181. The first kappa shape index (κ1) is 10.1. The summed E-state index contributed by atoms with van der Waals surface area (Å²) in [6.45, 7) is 0.0684. The highest BCUT2D eigenvalue weighted by atomic mass is 79.9. The summed E-state index contributed by atoms with van der Waals surface area (Å²) in [6.07, 6.45) is 2.59. The maximum atomic E-state index is 9.21. The molecule has 0 unspecified atom stereocenters. The van der Waals surface area contributed by atoms with Gasteiger partial charge in [-0.2, -0.15) is 0 Å². The third-order valence-electron chi connectivity index (χ3n) is 2.95. The minimum atomic E-state index is -0.409. The fourth-order valence-corrected chi connectivity index (χ4v) is 2.63. The number of rotatable bonds is 1. The van der Waals surface area contributed by atoms with E-state index in [1.54, 1.807) is 0 Å². The molecule has 0 aliphatic heterocycles. The number of benzene rings is 1. The lowest BCUT2D eigenvalue weighted by Gasteiger charge is -2.33. The zero-order chi connectivity index (χ0) is 10.2. The van der Waals surface area contributed by atoms with E-state index in [1.165, 1.54) is 11.1 Å². The number of fused-ring (bicyclic) bond motifs is 1. The van der Waals surface area contributed by atoms with Gasteiger partial charge in [-0.3, -0.25) is 0 Å². The molecule has 14 heavy (non-hydrogen) atoms. The highest BCUT2D eigenvalue weighted by molar-refractivity contribution is 9.10. The lowest BCUT2D eigenvalue weighted by atomic mass is 9.79. The van der Waals surface area contributed by atoms with Crippen molar-refractivity contribution in [3.8, 4) is 0 Å². The number of aliphatic hydroxyl groups excluding tert-OH is 1. The second-order valence-corrected chi connectivity index (χ2v) is 4.93. The molecule has 0 heterocycles. The fourth-order valence-electron chi connectivity index (χ4n) is 2.03. The first-order chi connectivity index (χ1) is 6.64. The summed E-state index contributed by atoms with van der Waals surface area (Å²) in [5.41, 5.74) is 8.26. The molecule has 0 saturated carbocycles. The van der Waals surface area contributed by atoms with Crippen LogP contribution < -0.4 is 5.73 Å². The molecular formula is C11H14BrNO. The predicted octanol–water partition coefficient (Wildman–Crippen LogP) is 1.63. The molecule has 0 radical (unpaired) electrons. The van der Waals surface area contributed by atoms with E-state index in [2.05, 4.69) is 28.1 Å². The van der Waals surface area contributed by atoms with Gasteiger partial charge in [0.25, 0.3) is 0 Å². The summed E-state index contributed by atoms with van der Waals surface area (Å²) in [6, 6.07) is 6.17. The molecule has 1 aromatic carbocycles. The maximum Gasteiger partial charge on any atom is 0.0614 e. The van der Waals surface area contributed by atoms with Crippen LogP contribution >= 0.6 is 15.9 Å². The van der Waals surface area contributed by atoms with Crippen LogP contribution in [0.5, 0.6) is 0 Å². The van der Waals surface area contributed by atoms with Gasteiger partial charge in [0.2, 0.25) is 0 Å². The summed E-state index contributed by atoms with van der Waals surface area (Å²) in [5.74, 6) is 0. The Morgan fingerprint density at radius 3 is 3.00 bits per heavy atom. The molecule has 0 amide bonds. The number of aliphatic hydroxyl groups is 1. The highest BCUT2D eigenvalue weighted by Gasteiger charge is 2.30. The van der Waals surface area contributed by atoms with Crippen molar-refractivity contribution < 1.29 is 5.11 Å². The number of hydrogen-bond donors (Lipinski definition) is 2. The van der Waals surface area contributed by atoms with Gasteiger partial charge >= 0.3 is 0 Å². The van der Waals surface area contributed by atoms with Gasteiger partial charge in [0.1, 0.15) is 0 Å². The molecule has 3 N–H and O–H groups in total. The summed E-state index contributed by atoms with van der Waals surface area (Å²) in [7, 11) is 0. The van der Waals surface area contributed by atoms with Crippen molar-refractivity contribution >= 4 is 15.9 Å². The van der Waals surface area contributed by atoms with E-state index in [0.717, 1.165) is 23.7 Å².